The predicted octanol–water partition coefficient (Wildman–Crippen LogP) is 4.29. The van der Waals surface area contributed by atoms with Crippen LogP contribution in [0.25, 0.3) is 11.0 Å². The molecule has 5 nitrogen and oxygen atoms in total. The molecule has 2 N–H and O–H groups in total. The summed E-state index contributed by atoms with van der Waals surface area (Å²) in [4.78, 5) is 20.3. The van der Waals surface area contributed by atoms with Crippen molar-refractivity contribution < 1.29 is 18.3 Å². The van der Waals surface area contributed by atoms with Crippen LogP contribution in [-0.2, 0) is 0 Å². The van der Waals surface area contributed by atoms with Crippen LogP contribution in [0, 0.1) is 5.92 Å². The Bertz CT molecular complexity index is 858. The van der Waals surface area contributed by atoms with Crippen molar-refractivity contribution in [3.8, 4) is 5.75 Å². The van der Waals surface area contributed by atoms with E-state index in [-0.39, 0.29) is 23.6 Å². The van der Waals surface area contributed by atoms with Gasteiger partial charge in [-0.1, -0.05) is 26.0 Å². The van der Waals surface area contributed by atoms with Crippen LogP contribution in [0.1, 0.15) is 36.1 Å². The number of aromatic amines is 1. The highest BCUT2D eigenvalue weighted by Crippen LogP contribution is 2.23. The number of aromatic nitrogens is 2. The van der Waals surface area contributed by atoms with Crippen molar-refractivity contribution in [3.63, 3.8) is 0 Å². The van der Waals surface area contributed by atoms with Gasteiger partial charge >= 0.3 is 6.61 Å². The van der Waals surface area contributed by atoms with Crippen molar-refractivity contribution in [2.45, 2.75) is 26.5 Å². The second-order valence-corrected chi connectivity index (χ2v) is 6.24. The fraction of sp³-hybridized carbons (Fsp3) is 0.263. The van der Waals surface area contributed by atoms with Gasteiger partial charge in [0.15, 0.2) is 0 Å². The van der Waals surface area contributed by atoms with Gasteiger partial charge in [0.2, 0.25) is 0 Å². The quantitative estimate of drug-likeness (QED) is 0.690. The standard InChI is InChI=1S/C19H19F2N3O2/c1-11(2)16(17-22-14-5-3-4-6-15(14)23-17)24-18(25)12-7-9-13(10-8-12)26-19(20)21/h3-11,16,19H,1-2H3,(H,22,23)(H,24,25)/t16-/m0/s1. The van der Waals surface area contributed by atoms with E-state index in [4.69, 9.17) is 0 Å². The van der Waals surface area contributed by atoms with Crippen LogP contribution in [0.4, 0.5) is 8.78 Å². The van der Waals surface area contributed by atoms with E-state index < -0.39 is 6.61 Å². The topological polar surface area (TPSA) is 67.0 Å². The number of ether oxygens (including phenoxy) is 1. The van der Waals surface area contributed by atoms with Crippen molar-refractivity contribution in [2.24, 2.45) is 5.92 Å². The van der Waals surface area contributed by atoms with Gasteiger partial charge in [0, 0.05) is 5.56 Å². The van der Waals surface area contributed by atoms with Crippen LogP contribution in [-0.4, -0.2) is 22.5 Å². The molecule has 1 aromatic heterocycles. The Labute approximate surface area is 149 Å². The smallest absolute Gasteiger partial charge is 0.387 e. The number of carbonyl (C=O) groups excluding carboxylic acids is 1. The first kappa shape index (κ1) is 17.8. The Morgan fingerprint density at radius 2 is 1.81 bits per heavy atom. The summed E-state index contributed by atoms with van der Waals surface area (Å²) >= 11 is 0. The summed E-state index contributed by atoms with van der Waals surface area (Å²) in [5.41, 5.74) is 2.08. The molecule has 3 aromatic rings. The third-order valence-electron chi connectivity index (χ3n) is 4.00. The molecular formula is C19H19F2N3O2. The zero-order chi connectivity index (χ0) is 18.7. The number of fused-ring (bicyclic) bond motifs is 1. The average molecular weight is 359 g/mol. The molecule has 1 atom stereocenters. The number of hydrogen-bond donors (Lipinski definition) is 2. The third-order valence-corrected chi connectivity index (χ3v) is 4.00. The number of H-pyrrole nitrogens is 1. The van der Waals surface area contributed by atoms with E-state index in [1.54, 1.807) is 0 Å². The van der Waals surface area contributed by atoms with Gasteiger partial charge in [0.1, 0.15) is 11.6 Å². The van der Waals surface area contributed by atoms with Crippen LogP contribution < -0.4 is 10.1 Å². The Kier molecular flexibility index (Phi) is 5.16. The number of carbonyl (C=O) groups is 1. The molecule has 0 unspecified atom stereocenters. The minimum Gasteiger partial charge on any atom is -0.435 e. The zero-order valence-electron chi connectivity index (χ0n) is 14.4. The zero-order valence-corrected chi connectivity index (χ0v) is 14.4. The van der Waals surface area contributed by atoms with Crippen LogP contribution in [0.2, 0.25) is 0 Å². The summed E-state index contributed by atoms with van der Waals surface area (Å²) in [6.07, 6.45) is 0. The van der Waals surface area contributed by atoms with Crippen LogP contribution in [0.5, 0.6) is 5.75 Å². The van der Waals surface area contributed by atoms with E-state index in [9.17, 15) is 13.6 Å². The van der Waals surface area contributed by atoms with Crippen LogP contribution in [0.15, 0.2) is 48.5 Å². The number of para-hydroxylation sites is 2. The number of rotatable bonds is 6. The molecule has 0 spiro atoms. The minimum absolute atomic E-state index is 0.00856. The van der Waals surface area contributed by atoms with Crippen molar-refractivity contribution in [2.75, 3.05) is 0 Å². The molecule has 26 heavy (non-hydrogen) atoms. The second kappa shape index (κ2) is 7.51. The van der Waals surface area contributed by atoms with Crippen LogP contribution >= 0.6 is 0 Å². The maximum absolute atomic E-state index is 12.5. The fourth-order valence-corrected chi connectivity index (χ4v) is 2.68. The molecule has 0 aliphatic heterocycles. The van der Waals surface area contributed by atoms with Gasteiger partial charge in [-0.3, -0.25) is 4.79 Å². The highest BCUT2D eigenvalue weighted by molar-refractivity contribution is 5.94. The van der Waals surface area contributed by atoms with Gasteiger partial charge in [-0.15, -0.1) is 0 Å². The molecule has 2 aromatic carbocycles. The lowest BCUT2D eigenvalue weighted by Crippen LogP contribution is -2.32. The number of hydrogen-bond acceptors (Lipinski definition) is 3. The van der Waals surface area contributed by atoms with Gasteiger partial charge in [0.25, 0.3) is 5.91 Å². The lowest BCUT2D eigenvalue weighted by atomic mass is 10.0. The highest BCUT2D eigenvalue weighted by Gasteiger charge is 2.22. The van der Waals surface area contributed by atoms with E-state index in [1.807, 2.05) is 38.1 Å². The molecule has 0 fully saturated rings. The minimum atomic E-state index is -2.90. The highest BCUT2D eigenvalue weighted by atomic mass is 19.3. The van der Waals surface area contributed by atoms with E-state index >= 15 is 0 Å². The van der Waals surface area contributed by atoms with E-state index in [0.717, 1.165) is 11.0 Å². The number of imidazole rings is 1. The van der Waals surface area contributed by atoms with Gasteiger partial charge < -0.3 is 15.0 Å². The lowest BCUT2D eigenvalue weighted by molar-refractivity contribution is -0.0498. The van der Waals surface area contributed by atoms with Crippen molar-refractivity contribution in [1.82, 2.24) is 15.3 Å². The molecule has 0 aliphatic carbocycles. The summed E-state index contributed by atoms with van der Waals surface area (Å²) in [7, 11) is 0. The van der Waals surface area contributed by atoms with Crippen molar-refractivity contribution >= 4 is 16.9 Å². The van der Waals surface area contributed by atoms with E-state index in [1.165, 1.54) is 24.3 Å². The Hall–Kier alpha value is -2.96. The van der Waals surface area contributed by atoms with Gasteiger partial charge in [-0.25, -0.2) is 4.98 Å². The van der Waals surface area contributed by atoms with Gasteiger partial charge in [-0.2, -0.15) is 8.78 Å². The first-order valence-electron chi connectivity index (χ1n) is 8.24. The largest absolute Gasteiger partial charge is 0.435 e. The maximum Gasteiger partial charge on any atom is 0.387 e. The molecule has 0 bridgehead atoms. The monoisotopic (exact) mass is 359 g/mol. The summed E-state index contributed by atoms with van der Waals surface area (Å²) in [6, 6.07) is 12.9. The van der Waals surface area contributed by atoms with Crippen LogP contribution in [0.3, 0.4) is 0 Å². The van der Waals surface area contributed by atoms with Crippen molar-refractivity contribution in [1.29, 1.82) is 0 Å². The Balaban J connectivity index is 1.78. The Morgan fingerprint density at radius 1 is 1.12 bits per heavy atom. The molecule has 1 amide bonds. The fourth-order valence-electron chi connectivity index (χ4n) is 2.68. The van der Waals surface area contributed by atoms with E-state index in [2.05, 4.69) is 20.0 Å². The number of halogens is 2. The number of amides is 1. The lowest BCUT2D eigenvalue weighted by Gasteiger charge is -2.20. The molecule has 7 heteroatoms. The first-order valence-corrected chi connectivity index (χ1v) is 8.24. The normalized spacial score (nSPS) is 12.5. The molecule has 136 valence electrons. The predicted molar refractivity (Wildman–Crippen MR) is 94.2 cm³/mol. The molecule has 0 aliphatic rings. The molecule has 0 saturated carbocycles. The number of benzene rings is 2. The molecule has 0 saturated heterocycles. The summed E-state index contributed by atoms with van der Waals surface area (Å²) < 4.78 is 28.7. The summed E-state index contributed by atoms with van der Waals surface area (Å²) in [5, 5.41) is 2.95. The molecule has 3 rings (SSSR count). The van der Waals surface area contributed by atoms with Crippen molar-refractivity contribution in [3.05, 3.63) is 59.9 Å². The average Bonchev–Trinajstić information content (AvgIpc) is 3.03. The number of nitrogens with zero attached hydrogens (tertiary/aromatic N) is 1. The SMILES string of the molecule is CC(C)[C@H](NC(=O)c1ccc(OC(F)F)cc1)c1nc2ccccc2[nH]1. The number of nitrogens with one attached hydrogen (secondary N) is 2. The van der Waals surface area contributed by atoms with Gasteiger partial charge in [0.05, 0.1) is 17.1 Å². The summed E-state index contributed by atoms with van der Waals surface area (Å²) in [6.45, 7) is 1.07. The second-order valence-electron chi connectivity index (χ2n) is 6.24. The molecule has 0 radical (unpaired) electrons. The number of alkyl halides is 2. The third kappa shape index (κ3) is 3.99. The first-order chi connectivity index (χ1) is 12.4. The van der Waals surface area contributed by atoms with Gasteiger partial charge in [-0.05, 0) is 42.3 Å². The van der Waals surface area contributed by atoms with E-state index in [0.29, 0.717) is 11.4 Å². The Morgan fingerprint density at radius 3 is 2.42 bits per heavy atom. The summed E-state index contributed by atoms with van der Waals surface area (Å²) in [5.74, 6) is 0.468. The molecular weight excluding hydrogens is 340 g/mol. The molecule has 1 heterocycles. The maximum atomic E-state index is 12.5.